The van der Waals surface area contributed by atoms with Gasteiger partial charge in [-0.15, -0.1) is 0 Å². The van der Waals surface area contributed by atoms with Gasteiger partial charge in [-0.05, 0) is 37.4 Å². The molecule has 234 valence electrons. The van der Waals surface area contributed by atoms with Crippen LogP contribution >= 0.6 is 0 Å². The second-order valence-corrected chi connectivity index (χ2v) is 11.1. The topological polar surface area (TPSA) is 140 Å². The normalized spacial score (nSPS) is 20.6. The molecular formula is C31H38N6O7. The molecule has 13 nitrogen and oxygen atoms in total. The second-order valence-electron chi connectivity index (χ2n) is 11.1. The molecule has 3 aromatic rings. The Morgan fingerprint density at radius 1 is 1.14 bits per heavy atom. The Hall–Kier alpha value is -4.17. The molecule has 0 bridgehead atoms. The number of hydrogen-bond acceptors (Lipinski definition) is 11. The van der Waals surface area contributed by atoms with Crippen LogP contribution in [0.1, 0.15) is 16.3 Å². The number of pyridine rings is 1. The SMILES string of the molecule is COc1cc(NC(=O)C2CNCCO2)cc(-c2cccc3c2OC(CNC(=O)c2ccc(CN4CCN(C)CC4)o2)CO3)n1. The number of amides is 2. The van der Waals surface area contributed by atoms with E-state index in [4.69, 9.17) is 23.4 Å². The molecule has 2 atom stereocenters. The van der Waals surface area contributed by atoms with E-state index in [-0.39, 0.29) is 30.7 Å². The summed E-state index contributed by atoms with van der Waals surface area (Å²) in [4.78, 5) is 34.9. The third-order valence-electron chi connectivity index (χ3n) is 7.81. The van der Waals surface area contributed by atoms with E-state index in [1.807, 2.05) is 24.3 Å². The van der Waals surface area contributed by atoms with E-state index in [1.54, 1.807) is 18.2 Å². The molecule has 2 amide bonds. The first kappa shape index (κ1) is 29.9. The summed E-state index contributed by atoms with van der Waals surface area (Å²) >= 11 is 0. The minimum Gasteiger partial charge on any atom is -0.486 e. The van der Waals surface area contributed by atoms with Crippen molar-refractivity contribution >= 4 is 17.5 Å². The average molecular weight is 607 g/mol. The molecule has 3 N–H and O–H groups in total. The van der Waals surface area contributed by atoms with Gasteiger partial charge >= 0.3 is 0 Å². The molecule has 2 unspecified atom stereocenters. The number of benzene rings is 1. The van der Waals surface area contributed by atoms with Crippen molar-refractivity contribution in [2.24, 2.45) is 0 Å². The fourth-order valence-corrected chi connectivity index (χ4v) is 5.32. The molecule has 2 saturated heterocycles. The molecule has 3 aliphatic rings. The number of piperazine rings is 1. The third-order valence-corrected chi connectivity index (χ3v) is 7.81. The number of rotatable bonds is 9. The van der Waals surface area contributed by atoms with Gasteiger partial charge in [-0.2, -0.15) is 0 Å². The molecule has 1 aromatic carbocycles. The number of carbonyl (C=O) groups is 2. The standard InChI is InChI=1S/C31H38N6O7/c1-36-9-11-37(12-10-36)18-21-6-7-26(43-21)30(38)33-16-22-19-42-25-5-3-4-23(29(25)44-22)24-14-20(15-28(35-24)40-2)34-31(39)27-17-32-8-13-41-27/h3-7,14-15,22,27,32H,8-13,16-19H2,1-2H3,(H,33,38)(H,34,35,39). The molecule has 13 heteroatoms. The number of likely N-dealkylation sites (N-methyl/N-ethyl adjacent to an activating group) is 1. The van der Waals surface area contributed by atoms with Gasteiger partial charge in [-0.1, -0.05) is 6.07 Å². The number of para-hydroxylation sites is 1. The smallest absolute Gasteiger partial charge is 0.287 e. The fourth-order valence-electron chi connectivity index (χ4n) is 5.32. The van der Waals surface area contributed by atoms with E-state index in [2.05, 4.69) is 37.8 Å². The zero-order valence-electron chi connectivity index (χ0n) is 25.0. The molecule has 44 heavy (non-hydrogen) atoms. The van der Waals surface area contributed by atoms with Gasteiger partial charge in [-0.3, -0.25) is 14.5 Å². The monoisotopic (exact) mass is 606 g/mol. The molecule has 2 aromatic heterocycles. The number of methoxy groups -OCH3 is 1. The van der Waals surface area contributed by atoms with Crippen LogP contribution in [0.3, 0.4) is 0 Å². The third kappa shape index (κ3) is 7.13. The Kier molecular flexibility index (Phi) is 9.26. The van der Waals surface area contributed by atoms with Crippen LogP contribution in [0.25, 0.3) is 11.3 Å². The van der Waals surface area contributed by atoms with Gasteiger partial charge < -0.3 is 44.2 Å². The molecule has 2 fully saturated rings. The lowest BCUT2D eigenvalue weighted by Crippen LogP contribution is -2.45. The maximum Gasteiger partial charge on any atom is 0.287 e. The van der Waals surface area contributed by atoms with Gasteiger partial charge in [0.1, 0.15) is 24.6 Å². The summed E-state index contributed by atoms with van der Waals surface area (Å²) in [6, 6.07) is 12.5. The summed E-state index contributed by atoms with van der Waals surface area (Å²) in [6.07, 6.45) is -1.04. The molecule has 5 heterocycles. The van der Waals surface area contributed by atoms with Crippen molar-refractivity contribution in [3.8, 4) is 28.6 Å². The van der Waals surface area contributed by atoms with Gasteiger partial charge in [0, 0.05) is 56.6 Å². The number of morpholine rings is 1. The van der Waals surface area contributed by atoms with Gasteiger partial charge in [-0.25, -0.2) is 4.98 Å². The Bertz CT molecular complexity index is 1470. The first-order valence-corrected chi connectivity index (χ1v) is 14.8. The maximum atomic E-state index is 12.9. The summed E-state index contributed by atoms with van der Waals surface area (Å²) in [5.74, 6) is 1.82. The van der Waals surface area contributed by atoms with Crippen molar-refractivity contribution in [1.29, 1.82) is 0 Å². The van der Waals surface area contributed by atoms with E-state index in [0.717, 1.165) is 31.9 Å². The van der Waals surface area contributed by atoms with Crippen LogP contribution < -0.4 is 30.2 Å². The maximum absolute atomic E-state index is 12.9. The highest BCUT2D eigenvalue weighted by atomic mass is 16.6. The van der Waals surface area contributed by atoms with Gasteiger partial charge in [0.25, 0.3) is 11.8 Å². The predicted molar refractivity (Wildman–Crippen MR) is 161 cm³/mol. The van der Waals surface area contributed by atoms with Gasteiger partial charge in [0.15, 0.2) is 17.3 Å². The molecule has 0 aliphatic carbocycles. The average Bonchev–Trinajstić information content (AvgIpc) is 3.53. The molecule has 0 spiro atoms. The Labute approximate surface area is 255 Å². The first-order valence-electron chi connectivity index (χ1n) is 14.8. The lowest BCUT2D eigenvalue weighted by atomic mass is 10.1. The minimum atomic E-state index is -0.590. The summed E-state index contributed by atoms with van der Waals surface area (Å²) < 4.78 is 29.2. The number of hydrogen-bond donors (Lipinski definition) is 3. The van der Waals surface area contributed by atoms with Crippen LogP contribution in [0.2, 0.25) is 0 Å². The number of fused-ring (bicyclic) bond motifs is 1. The van der Waals surface area contributed by atoms with Crippen molar-refractivity contribution < 1.29 is 33.0 Å². The van der Waals surface area contributed by atoms with Gasteiger partial charge in [0.05, 0.1) is 32.5 Å². The molecule has 0 saturated carbocycles. The Morgan fingerprint density at radius 3 is 2.80 bits per heavy atom. The number of anilines is 1. The van der Waals surface area contributed by atoms with E-state index in [0.29, 0.717) is 60.6 Å². The first-order chi connectivity index (χ1) is 21.4. The van der Waals surface area contributed by atoms with Crippen LogP contribution in [0.5, 0.6) is 17.4 Å². The lowest BCUT2D eigenvalue weighted by Gasteiger charge is -2.31. The van der Waals surface area contributed by atoms with E-state index < -0.39 is 12.2 Å². The second kappa shape index (κ2) is 13.6. The molecular weight excluding hydrogens is 568 g/mol. The van der Waals surface area contributed by atoms with Crippen LogP contribution in [0.4, 0.5) is 5.69 Å². The summed E-state index contributed by atoms with van der Waals surface area (Å²) in [5, 5.41) is 8.96. The lowest BCUT2D eigenvalue weighted by molar-refractivity contribution is -0.128. The summed E-state index contributed by atoms with van der Waals surface area (Å²) in [5.41, 5.74) is 1.69. The highest BCUT2D eigenvalue weighted by Gasteiger charge is 2.27. The zero-order valence-corrected chi connectivity index (χ0v) is 25.0. The van der Waals surface area contributed by atoms with Crippen molar-refractivity contribution in [3.05, 3.63) is 54.0 Å². The highest BCUT2D eigenvalue weighted by molar-refractivity contribution is 5.95. The van der Waals surface area contributed by atoms with Crippen LogP contribution in [0.15, 0.2) is 46.9 Å². The fraction of sp³-hybridized carbons (Fsp3) is 0.452. The number of furan rings is 1. The minimum absolute atomic E-state index is 0.212. The quantitative estimate of drug-likeness (QED) is 0.327. The zero-order chi connectivity index (χ0) is 30.5. The highest BCUT2D eigenvalue weighted by Crippen LogP contribution is 2.41. The van der Waals surface area contributed by atoms with Crippen molar-refractivity contribution in [2.45, 2.75) is 18.8 Å². The summed E-state index contributed by atoms with van der Waals surface area (Å²) in [7, 11) is 3.63. The number of nitrogens with zero attached hydrogens (tertiary/aromatic N) is 3. The van der Waals surface area contributed by atoms with Crippen molar-refractivity contribution in [1.82, 2.24) is 25.4 Å². The summed E-state index contributed by atoms with van der Waals surface area (Å²) in [6.45, 7) is 6.73. The Morgan fingerprint density at radius 2 is 2.00 bits per heavy atom. The largest absolute Gasteiger partial charge is 0.486 e. The number of nitrogens with one attached hydrogen (secondary N) is 3. The van der Waals surface area contributed by atoms with Gasteiger partial charge in [0.2, 0.25) is 5.88 Å². The molecule has 6 rings (SSSR count). The van der Waals surface area contributed by atoms with Crippen molar-refractivity contribution in [2.75, 3.05) is 78.5 Å². The molecule has 0 radical (unpaired) electrons. The van der Waals surface area contributed by atoms with Crippen LogP contribution in [-0.4, -0.2) is 112 Å². The Balaban J connectivity index is 1.10. The predicted octanol–water partition coefficient (Wildman–Crippen LogP) is 1.59. The molecule has 3 aliphatic heterocycles. The van der Waals surface area contributed by atoms with Crippen LogP contribution in [-0.2, 0) is 16.1 Å². The van der Waals surface area contributed by atoms with Crippen molar-refractivity contribution in [3.63, 3.8) is 0 Å². The van der Waals surface area contributed by atoms with E-state index in [9.17, 15) is 9.59 Å². The number of ether oxygens (including phenoxy) is 4. The van der Waals surface area contributed by atoms with Crippen LogP contribution in [0, 0.1) is 0 Å². The van der Waals surface area contributed by atoms with E-state index >= 15 is 0 Å². The van der Waals surface area contributed by atoms with E-state index in [1.165, 1.54) is 7.11 Å². The number of carbonyl (C=O) groups excluding carboxylic acids is 2. The number of aromatic nitrogens is 1.